The van der Waals surface area contributed by atoms with Gasteiger partial charge in [-0.2, -0.15) is 0 Å². The Morgan fingerprint density at radius 3 is 3.13 bits per heavy atom. The molecule has 84 valence electrons. The van der Waals surface area contributed by atoms with E-state index in [0.717, 1.165) is 31.9 Å². The molecule has 0 aliphatic rings. The van der Waals surface area contributed by atoms with Crippen molar-refractivity contribution >= 4 is 5.91 Å². The van der Waals surface area contributed by atoms with Crippen LogP contribution in [0.4, 0.5) is 0 Å². The van der Waals surface area contributed by atoms with Crippen molar-refractivity contribution in [2.24, 2.45) is 5.73 Å². The number of primary amides is 1. The number of hydrogen-bond acceptors (Lipinski definition) is 3. The minimum atomic E-state index is -0.244. The molecule has 0 atom stereocenters. The van der Waals surface area contributed by atoms with Gasteiger partial charge in [-0.15, -0.1) is 0 Å². The van der Waals surface area contributed by atoms with Crippen molar-refractivity contribution in [1.82, 2.24) is 14.9 Å². The van der Waals surface area contributed by atoms with Crippen LogP contribution in [0.1, 0.15) is 25.6 Å². The van der Waals surface area contributed by atoms with Gasteiger partial charge in [0.05, 0.1) is 6.54 Å². The van der Waals surface area contributed by atoms with Gasteiger partial charge in [-0.25, -0.2) is 4.98 Å². The molecule has 0 fully saturated rings. The van der Waals surface area contributed by atoms with Crippen molar-refractivity contribution in [2.45, 2.75) is 32.9 Å². The Kier molecular flexibility index (Phi) is 4.83. The average molecular weight is 210 g/mol. The zero-order chi connectivity index (χ0) is 11.1. The smallest absolute Gasteiger partial charge is 0.217 e. The number of nitrogens with zero attached hydrogens (tertiary/aromatic N) is 2. The van der Waals surface area contributed by atoms with Crippen molar-refractivity contribution in [1.29, 1.82) is 0 Å². The summed E-state index contributed by atoms with van der Waals surface area (Å²) in [7, 11) is 0. The van der Waals surface area contributed by atoms with Crippen molar-refractivity contribution in [2.75, 3.05) is 6.54 Å². The van der Waals surface area contributed by atoms with Crippen molar-refractivity contribution in [3.05, 3.63) is 18.2 Å². The number of carbonyl (C=O) groups excluding carboxylic acids is 1. The molecule has 0 radical (unpaired) electrons. The summed E-state index contributed by atoms with van der Waals surface area (Å²) in [5.74, 6) is 0.781. The Labute approximate surface area is 89.7 Å². The van der Waals surface area contributed by atoms with E-state index in [1.165, 1.54) is 0 Å². The molecule has 1 aromatic rings. The molecule has 1 rings (SSSR count). The van der Waals surface area contributed by atoms with Crippen molar-refractivity contribution in [3.63, 3.8) is 0 Å². The lowest BCUT2D eigenvalue weighted by Gasteiger charge is -2.05. The lowest BCUT2D eigenvalue weighted by atomic mass is 10.3. The molecule has 1 aromatic heterocycles. The first-order valence-corrected chi connectivity index (χ1v) is 5.23. The molecule has 0 unspecified atom stereocenters. The fourth-order valence-corrected chi connectivity index (χ4v) is 1.38. The van der Waals surface area contributed by atoms with E-state index in [4.69, 9.17) is 5.73 Å². The predicted molar refractivity (Wildman–Crippen MR) is 58.0 cm³/mol. The quantitative estimate of drug-likeness (QED) is 0.634. The number of aromatic nitrogens is 2. The maximum absolute atomic E-state index is 10.5. The Balaban J connectivity index is 2.17. The summed E-state index contributed by atoms with van der Waals surface area (Å²) in [6.07, 6.45) is 4.97. The highest BCUT2D eigenvalue weighted by molar-refractivity contribution is 5.73. The fourth-order valence-electron chi connectivity index (χ4n) is 1.38. The van der Waals surface area contributed by atoms with Gasteiger partial charge >= 0.3 is 0 Å². The van der Waals surface area contributed by atoms with E-state index in [0.29, 0.717) is 6.42 Å². The van der Waals surface area contributed by atoms with Crippen LogP contribution in [0.15, 0.2) is 12.4 Å². The molecule has 5 nitrogen and oxygen atoms in total. The van der Waals surface area contributed by atoms with Crippen LogP contribution in [-0.2, 0) is 17.9 Å². The second-order valence-corrected chi connectivity index (χ2v) is 3.38. The van der Waals surface area contributed by atoms with Crippen LogP contribution in [0.3, 0.4) is 0 Å². The zero-order valence-corrected chi connectivity index (χ0v) is 9.07. The zero-order valence-electron chi connectivity index (χ0n) is 9.07. The number of hydrogen-bond donors (Lipinski definition) is 2. The van der Waals surface area contributed by atoms with E-state index in [1.54, 1.807) is 6.20 Å². The van der Waals surface area contributed by atoms with Crippen LogP contribution in [0, 0.1) is 0 Å². The summed E-state index contributed by atoms with van der Waals surface area (Å²) >= 11 is 0. The van der Waals surface area contributed by atoms with Gasteiger partial charge in [-0.3, -0.25) is 4.79 Å². The van der Waals surface area contributed by atoms with Crippen molar-refractivity contribution < 1.29 is 4.79 Å². The third-order valence-corrected chi connectivity index (χ3v) is 2.20. The first-order valence-electron chi connectivity index (χ1n) is 5.23. The highest BCUT2D eigenvalue weighted by Gasteiger charge is 2.00. The molecule has 0 aliphatic carbocycles. The van der Waals surface area contributed by atoms with Gasteiger partial charge in [-0.1, -0.05) is 0 Å². The summed E-state index contributed by atoms with van der Waals surface area (Å²) < 4.78 is 2.08. The summed E-state index contributed by atoms with van der Waals surface area (Å²) in [6, 6.07) is 0. The monoisotopic (exact) mass is 210 g/mol. The highest BCUT2D eigenvalue weighted by atomic mass is 16.1. The van der Waals surface area contributed by atoms with E-state index in [1.807, 2.05) is 6.20 Å². The Bertz CT molecular complexity index is 308. The predicted octanol–water partition coefficient (Wildman–Crippen LogP) is 0.258. The Morgan fingerprint density at radius 2 is 2.47 bits per heavy atom. The van der Waals surface area contributed by atoms with E-state index < -0.39 is 0 Å². The molecule has 0 aromatic carbocycles. The first-order chi connectivity index (χ1) is 7.24. The van der Waals surface area contributed by atoms with Crippen LogP contribution >= 0.6 is 0 Å². The van der Waals surface area contributed by atoms with Gasteiger partial charge in [0.1, 0.15) is 5.82 Å². The number of amides is 1. The lowest BCUT2D eigenvalue weighted by molar-refractivity contribution is -0.118. The van der Waals surface area contributed by atoms with E-state index >= 15 is 0 Å². The SMILES string of the molecule is CCn1ccnc1CNCCCC(N)=O. The third-order valence-electron chi connectivity index (χ3n) is 2.20. The minimum absolute atomic E-state index is 0.244. The Hall–Kier alpha value is -1.36. The second kappa shape index (κ2) is 6.19. The fraction of sp³-hybridized carbons (Fsp3) is 0.600. The molecule has 5 heteroatoms. The van der Waals surface area contributed by atoms with Gasteiger partial charge in [-0.05, 0) is 19.9 Å². The van der Waals surface area contributed by atoms with E-state index in [2.05, 4.69) is 21.8 Å². The van der Waals surface area contributed by atoms with E-state index in [-0.39, 0.29) is 5.91 Å². The molecule has 0 saturated heterocycles. The van der Waals surface area contributed by atoms with E-state index in [9.17, 15) is 4.79 Å². The molecule has 0 bridgehead atoms. The van der Waals surface area contributed by atoms with Gasteiger partial charge in [0.25, 0.3) is 0 Å². The van der Waals surface area contributed by atoms with Crippen LogP contribution in [0.5, 0.6) is 0 Å². The average Bonchev–Trinajstić information content (AvgIpc) is 2.64. The van der Waals surface area contributed by atoms with Crippen LogP contribution < -0.4 is 11.1 Å². The summed E-state index contributed by atoms with van der Waals surface area (Å²) in [5.41, 5.74) is 5.03. The number of imidazole rings is 1. The van der Waals surface area contributed by atoms with Crippen LogP contribution in [0.2, 0.25) is 0 Å². The molecule has 1 heterocycles. The molecule has 3 N–H and O–H groups in total. The van der Waals surface area contributed by atoms with Crippen LogP contribution in [-0.4, -0.2) is 22.0 Å². The standard InChI is InChI=1S/C10H18N4O/c1-2-14-7-6-13-10(14)8-12-5-3-4-9(11)15/h6-7,12H,2-5,8H2,1H3,(H2,11,15). The number of nitrogens with one attached hydrogen (secondary N) is 1. The lowest BCUT2D eigenvalue weighted by Crippen LogP contribution is -2.20. The molecule has 0 spiro atoms. The maximum atomic E-state index is 10.5. The van der Waals surface area contributed by atoms with Gasteiger partial charge in [0, 0.05) is 25.4 Å². The second-order valence-electron chi connectivity index (χ2n) is 3.38. The third kappa shape index (κ3) is 4.12. The van der Waals surface area contributed by atoms with Gasteiger partial charge in [0.2, 0.25) is 5.91 Å². The first kappa shape index (κ1) is 11.7. The highest BCUT2D eigenvalue weighted by Crippen LogP contribution is 1.96. The molecular formula is C10H18N4O. The van der Waals surface area contributed by atoms with Crippen molar-refractivity contribution in [3.8, 4) is 0 Å². The molecule has 15 heavy (non-hydrogen) atoms. The molecule has 0 saturated carbocycles. The number of nitrogens with two attached hydrogens (primary N) is 1. The Morgan fingerprint density at radius 1 is 1.67 bits per heavy atom. The normalized spacial score (nSPS) is 10.5. The number of rotatable bonds is 7. The maximum Gasteiger partial charge on any atom is 0.217 e. The van der Waals surface area contributed by atoms with Gasteiger partial charge in [0.15, 0.2) is 0 Å². The molecule has 0 aliphatic heterocycles. The largest absolute Gasteiger partial charge is 0.370 e. The molecular weight excluding hydrogens is 192 g/mol. The number of aryl methyl sites for hydroxylation is 1. The summed E-state index contributed by atoms with van der Waals surface area (Å²) in [4.78, 5) is 14.7. The summed E-state index contributed by atoms with van der Waals surface area (Å²) in [5, 5.41) is 3.23. The summed E-state index contributed by atoms with van der Waals surface area (Å²) in [6.45, 7) is 4.54. The molecule has 1 amide bonds. The van der Waals surface area contributed by atoms with Crippen LogP contribution in [0.25, 0.3) is 0 Å². The topological polar surface area (TPSA) is 72.9 Å². The minimum Gasteiger partial charge on any atom is -0.370 e. The number of carbonyl (C=O) groups is 1. The van der Waals surface area contributed by atoms with Gasteiger partial charge < -0.3 is 15.6 Å².